The van der Waals surface area contributed by atoms with Crippen molar-refractivity contribution in [3.63, 3.8) is 0 Å². The molecule has 0 radical (unpaired) electrons. The monoisotopic (exact) mass is 263 g/mol. The van der Waals surface area contributed by atoms with E-state index in [1.807, 2.05) is 30.3 Å². The third-order valence-corrected chi connectivity index (χ3v) is 2.53. The van der Waals surface area contributed by atoms with Gasteiger partial charge in [-0.2, -0.15) is 0 Å². The number of nitrogens with zero attached hydrogens (tertiary/aromatic N) is 1. The lowest BCUT2D eigenvalue weighted by Gasteiger charge is -2.09. The second-order valence-electron chi connectivity index (χ2n) is 3.84. The molecule has 0 fully saturated rings. The molecular formula is C14H17NO4. The lowest BCUT2D eigenvalue weighted by molar-refractivity contribution is -0.143. The first-order chi connectivity index (χ1) is 9.17. The number of aliphatic imine (C=N–C) groups is 1. The first kappa shape index (κ1) is 14.9. The van der Waals surface area contributed by atoms with Crippen molar-refractivity contribution < 1.29 is 19.1 Å². The number of carbonyl (C=O) groups is 2. The molecule has 1 aromatic rings. The second kappa shape index (κ2) is 8.02. The predicted octanol–water partition coefficient (Wildman–Crippen LogP) is 1.60. The van der Waals surface area contributed by atoms with Crippen LogP contribution in [0.25, 0.3) is 0 Å². The molecule has 0 aromatic heterocycles. The van der Waals surface area contributed by atoms with E-state index in [9.17, 15) is 9.59 Å². The molecular weight excluding hydrogens is 246 g/mol. The average molecular weight is 263 g/mol. The third kappa shape index (κ3) is 5.33. The molecule has 0 saturated carbocycles. The minimum Gasteiger partial charge on any atom is -0.469 e. The van der Waals surface area contributed by atoms with E-state index in [0.717, 1.165) is 5.56 Å². The van der Waals surface area contributed by atoms with Crippen LogP contribution in [0.15, 0.2) is 35.3 Å². The standard InChI is InChI=1S/C14H17NO4/c1-18-13(16)9-8-12(14(17)19-2)15-10-11-6-4-3-5-7-11/h3-7,10,12H,8-9H2,1-2H3. The maximum Gasteiger partial charge on any atom is 0.330 e. The van der Waals surface area contributed by atoms with E-state index in [0.29, 0.717) is 0 Å². The molecule has 5 nitrogen and oxygen atoms in total. The van der Waals surface area contributed by atoms with Crippen molar-refractivity contribution in [1.29, 1.82) is 0 Å². The van der Waals surface area contributed by atoms with Gasteiger partial charge in [0.2, 0.25) is 0 Å². The molecule has 0 amide bonds. The number of carbonyl (C=O) groups excluding carboxylic acids is 2. The van der Waals surface area contributed by atoms with Crippen LogP contribution in [-0.2, 0) is 19.1 Å². The number of benzene rings is 1. The predicted molar refractivity (Wildman–Crippen MR) is 71.1 cm³/mol. The minimum atomic E-state index is -0.690. The van der Waals surface area contributed by atoms with Crippen LogP contribution in [0.3, 0.4) is 0 Å². The van der Waals surface area contributed by atoms with Gasteiger partial charge in [-0.25, -0.2) is 4.79 Å². The number of hydrogen-bond acceptors (Lipinski definition) is 5. The summed E-state index contributed by atoms with van der Waals surface area (Å²) in [4.78, 5) is 26.8. The Morgan fingerprint density at radius 2 is 1.89 bits per heavy atom. The normalized spacial score (nSPS) is 12.1. The van der Waals surface area contributed by atoms with Crippen LogP contribution in [0.4, 0.5) is 0 Å². The lowest BCUT2D eigenvalue weighted by Crippen LogP contribution is -2.21. The smallest absolute Gasteiger partial charge is 0.330 e. The van der Waals surface area contributed by atoms with Gasteiger partial charge in [0, 0.05) is 12.6 Å². The van der Waals surface area contributed by atoms with Gasteiger partial charge in [0.1, 0.15) is 6.04 Å². The number of hydrogen-bond donors (Lipinski definition) is 0. The van der Waals surface area contributed by atoms with E-state index in [-0.39, 0.29) is 18.8 Å². The lowest BCUT2D eigenvalue weighted by atomic mass is 10.1. The van der Waals surface area contributed by atoms with Gasteiger partial charge in [0.25, 0.3) is 0 Å². The van der Waals surface area contributed by atoms with Crippen molar-refractivity contribution in [3.05, 3.63) is 35.9 Å². The summed E-state index contributed by atoms with van der Waals surface area (Å²) in [7, 11) is 2.61. The van der Waals surface area contributed by atoms with Crippen molar-refractivity contribution in [2.75, 3.05) is 14.2 Å². The van der Waals surface area contributed by atoms with E-state index in [1.165, 1.54) is 14.2 Å². The highest BCUT2D eigenvalue weighted by molar-refractivity contribution is 5.84. The molecule has 0 aliphatic rings. The van der Waals surface area contributed by atoms with E-state index >= 15 is 0 Å². The van der Waals surface area contributed by atoms with Crippen molar-refractivity contribution in [2.24, 2.45) is 4.99 Å². The molecule has 0 N–H and O–H groups in total. The minimum absolute atomic E-state index is 0.127. The summed E-state index contributed by atoms with van der Waals surface area (Å²) in [6.07, 6.45) is 1.99. The van der Waals surface area contributed by atoms with Crippen LogP contribution in [0.2, 0.25) is 0 Å². The highest BCUT2D eigenvalue weighted by Crippen LogP contribution is 2.06. The van der Waals surface area contributed by atoms with E-state index in [2.05, 4.69) is 14.5 Å². The molecule has 0 bridgehead atoms. The van der Waals surface area contributed by atoms with E-state index in [1.54, 1.807) is 6.21 Å². The van der Waals surface area contributed by atoms with Gasteiger partial charge in [-0.1, -0.05) is 30.3 Å². The fourth-order valence-electron chi connectivity index (χ4n) is 1.46. The van der Waals surface area contributed by atoms with Gasteiger partial charge in [-0.15, -0.1) is 0 Å². The van der Waals surface area contributed by atoms with Crippen LogP contribution in [0, 0.1) is 0 Å². The maximum atomic E-state index is 11.5. The largest absolute Gasteiger partial charge is 0.469 e. The summed E-state index contributed by atoms with van der Waals surface area (Å²) in [6.45, 7) is 0. The van der Waals surface area contributed by atoms with E-state index < -0.39 is 12.0 Å². The van der Waals surface area contributed by atoms with Crippen molar-refractivity contribution in [3.8, 4) is 0 Å². The average Bonchev–Trinajstić information content (AvgIpc) is 2.47. The Labute approximate surface area is 112 Å². The van der Waals surface area contributed by atoms with Gasteiger partial charge in [0.15, 0.2) is 0 Å². The number of ether oxygens (including phenoxy) is 2. The Bertz CT molecular complexity index is 442. The van der Waals surface area contributed by atoms with Crippen LogP contribution < -0.4 is 0 Å². The van der Waals surface area contributed by atoms with Crippen LogP contribution >= 0.6 is 0 Å². The SMILES string of the molecule is COC(=O)CCC(N=Cc1ccccc1)C(=O)OC. The summed E-state index contributed by atoms with van der Waals surface area (Å²) < 4.78 is 9.20. The highest BCUT2D eigenvalue weighted by Gasteiger charge is 2.18. The summed E-state index contributed by atoms with van der Waals surface area (Å²) in [5.41, 5.74) is 0.884. The fraction of sp³-hybridized carbons (Fsp3) is 0.357. The van der Waals surface area contributed by atoms with Gasteiger partial charge in [-0.3, -0.25) is 9.79 Å². The Morgan fingerprint density at radius 3 is 2.47 bits per heavy atom. The molecule has 0 spiro atoms. The highest BCUT2D eigenvalue weighted by atomic mass is 16.5. The van der Waals surface area contributed by atoms with Crippen molar-refractivity contribution in [1.82, 2.24) is 0 Å². The molecule has 0 aliphatic heterocycles. The number of esters is 2. The summed E-state index contributed by atoms with van der Waals surface area (Å²) in [5.74, 6) is -0.833. The summed E-state index contributed by atoms with van der Waals surface area (Å²) >= 11 is 0. The first-order valence-electron chi connectivity index (χ1n) is 5.90. The van der Waals surface area contributed by atoms with Gasteiger partial charge < -0.3 is 9.47 Å². The van der Waals surface area contributed by atoms with Crippen molar-refractivity contribution in [2.45, 2.75) is 18.9 Å². The molecule has 1 atom stereocenters. The first-order valence-corrected chi connectivity index (χ1v) is 5.90. The molecule has 5 heteroatoms. The molecule has 102 valence electrons. The Balaban J connectivity index is 2.67. The molecule has 1 unspecified atom stereocenters. The molecule has 1 rings (SSSR count). The Kier molecular flexibility index (Phi) is 6.29. The molecule has 0 aliphatic carbocycles. The third-order valence-electron chi connectivity index (χ3n) is 2.53. The maximum absolute atomic E-state index is 11.5. The van der Waals surface area contributed by atoms with Crippen LogP contribution in [0.1, 0.15) is 18.4 Å². The quantitative estimate of drug-likeness (QED) is 0.577. The zero-order chi connectivity index (χ0) is 14.1. The van der Waals surface area contributed by atoms with Crippen LogP contribution in [-0.4, -0.2) is 38.4 Å². The topological polar surface area (TPSA) is 65.0 Å². The zero-order valence-electron chi connectivity index (χ0n) is 11.0. The Hall–Kier alpha value is -2.17. The zero-order valence-corrected chi connectivity index (χ0v) is 11.0. The molecule has 19 heavy (non-hydrogen) atoms. The van der Waals surface area contributed by atoms with E-state index in [4.69, 9.17) is 0 Å². The second-order valence-corrected chi connectivity index (χ2v) is 3.84. The Morgan fingerprint density at radius 1 is 1.21 bits per heavy atom. The van der Waals surface area contributed by atoms with Crippen molar-refractivity contribution >= 4 is 18.2 Å². The molecule has 0 saturated heterocycles. The van der Waals surface area contributed by atoms with Gasteiger partial charge in [-0.05, 0) is 12.0 Å². The molecule has 0 heterocycles. The molecule has 1 aromatic carbocycles. The summed E-state index contributed by atoms with van der Waals surface area (Å²) in [5, 5.41) is 0. The van der Waals surface area contributed by atoms with Crippen LogP contribution in [0.5, 0.6) is 0 Å². The van der Waals surface area contributed by atoms with Gasteiger partial charge in [0.05, 0.1) is 14.2 Å². The summed E-state index contributed by atoms with van der Waals surface area (Å²) in [6, 6.07) is 8.71. The number of rotatable bonds is 6. The van der Waals surface area contributed by atoms with Gasteiger partial charge >= 0.3 is 11.9 Å². The number of methoxy groups -OCH3 is 2. The fourth-order valence-corrected chi connectivity index (χ4v) is 1.46.